The van der Waals surface area contributed by atoms with E-state index in [1.165, 1.54) is 0 Å². The average molecular weight is 309 g/mol. The maximum atomic E-state index is 12.5. The fraction of sp³-hybridized carbons (Fsp3) is 0.667. The summed E-state index contributed by atoms with van der Waals surface area (Å²) in [7, 11) is 0. The molecule has 1 aromatic rings. The van der Waals surface area contributed by atoms with Crippen LogP contribution in [0.5, 0.6) is 0 Å². The highest BCUT2D eigenvalue weighted by molar-refractivity contribution is 7.09. The van der Waals surface area contributed by atoms with E-state index in [4.69, 9.17) is 0 Å². The zero-order valence-electron chi connectivity index (χ0n) is 13.0. The third kappa shape index (κ3) is 3.81. The number of carbonyl (C=O) groups excluding carboxylic acids is 2. The first-order valence-corrected chi connectivity index (χ1v) is 8.28. The van der Waals surface area contributed by atoms with Crippen LogP contribution in [0.3, 0.4) is 0 Å². The van der Waals surface area contributed by atoms with Crippen LogP contribution in [-0.2, 0) is 16.0 Å². The molecule has 2 atom stereocenters. The zero-order chi connectivity index (χ0) is 15.6. The Morgan fingerprint density at radius 2 is 2.14 bits per heavy atom. The molecule has 0 bridgehead atoms. The number of hydrogen-bond acceptors (Lipinski definition) is 4. The van der Waals surface area contributed by atoms with Crippen LogP contribution in [0.4, 0.5) is 0 Å². The predicted molar refractivity (Wildman–Crippen MR) is 83.1 cm³/mol. The van der Waals surface area contributed by atoms with Gasteiger partial charge in [-0.3, -0.25) is 9.59 Å². The van der Waals surface area contributed by atoms with Gasteiger partial charge in [0, 0.05) is 18.3 Å². The molecule has 2 rings (SSSR count). The van der Waals surface area contributed by atoms with Gasteiger partial charge in [0.25, 0.3) is 0 Å². The number of amides is 2. The second kappa shape index (κ2) is 6.56. The maximum absolute atomic E-state index is 12.5. The van der Waals surface area contributed by atoms with Crippen molar-refractivity contribution in [2.75, 3.05) is 6.54 Å². The van der Waals surface area contributed by atoms with Gasteiger partial charge in [0.05, 0.1) is 10.7 Å². The molecule has 0 aliphatic carbocycles. The Bertz CT molecular complexity index is 527. The van der Waals surface area contributed by atoms with Gasteiger partial charge in [0.15, 0.2) is 0 Å². The van der Waals surface area contributed by atoms with Gasteiger partial charge in [-0.1, -0.05) is 13.8 Å². The summed E-state index contributed by atoms with van der Waals surface area (Å²) in [5, 5.41) is 5.88. The van der Waals surface area contributed by atoms with Gasteiger partial charge in [0.1, 0.15) is 12.1 Å². The van der Waals surface area contributed by atoms with Crippen LogP contribution in [0.2, 0.25) is 0 Å². The fourth-order valence-electron chi connectivity index (χ4n) is 2.58. The number of nitrogens with zero attached hydrogens (tertiary/aromatic N) is 2. The Balaban J connectivity index is 2.04. The predicted octanol–water partition coefficient (Wildman–Crippen LogP) is 1.76. The monoisotopic (exact) mass is 309 g/mol. The van der Waals surface area contributed by atoms with E-state index in [0.29, 0.717) is 25.3 Å². The second-order valence-corrected chi connectivity index (χ2v) is 7.07. The molecule has 116 valence electrons. The van der Waals surface area contributed by atoms with E-state index in [1.54, 1.807) is 23.2 Å². The van der Waals surface area contributed by atoms with E-state index < -0.39 is 6.04 Å². The molecule has 1 N–H and O–H groups in total. The third-order valence-electron chi connectivity index (χ3n) is 3.73. The van der Waals surface area contributed by atoms with Gasteiger partial charge in [-0.15, -0.1) is 11.3 Å². The first-order valence-electron chi connectivity index (χ1n) is 7.40. The molecule has 1 aliphatic heterocycles. The Hall–Kier alpha value is -1.43. The molecule has 2 unspecified atom stereocenters. The van der Waals surface area contributed by atoms with Crippen molar-refractivity contribution in [2.45, 2.75) is 52.6 Å². The molecule has 2 heterocycles. The van der Waals surface area contributed by atoms with E-state index in [1.807, 2.05) is 12.3 Å². The molecular weight excluding hydrogens is 286 g/mol. The minimum Gasteiger partial charge on any atom is -0.343 e. The maximum Gasteiger partial charge on any atom is 0.245 e. The zero-order valence-corrected chi connectivity index (χ0v) is 13.9. The molecule has 2 amide bonds. The van der Waals surface area contributed by atoms with Crippen molar-refractivity contribution in [1.29, 1.82) is 0 Å². The summed E-state index contributed by atoms with van der Waals surface area (Å²) >= 11 is 1.61. The van der Waals surface area contributed by atoms with Crippen LogP contribution in [0, 0.1) is 12.8 Å². The van der Waals surface area contributed by atoms with Crippen molar-refractivity contribution in [3.8, 4) is 0 Å². The number of thiazole rings is 1. The highest BCUT2D eigenvalue weighted by atomic mass is 32.1. The van der Waals surface area contributed by atoms with Crippen LogP contribution in [0.15, 0.2) is 5.38 Å². The van der Waals surface area contributed by atoms with Crippen molar-refractivity contribution in [2.24, 2.45) is 5.92 Å². The molecule has 0 spiro atoms. The van der Waals surface area contributed by atoms with Crippen molar-refractivity contribution >= 4 is 23.2 Å². The van der Waals surface area contributed by atoms with Gasteiger partial charge < -0.3 is 10.2 Å². The number of carbonyl (C=O) groups is 2. The summed E-state index contributed by atoms with van der Waals surface area (Å²) in [6.45, 7) is 8.41. The number of piperazine rings is 1. The van der Waals surface area contributed by atoms with E-state index >= 15 is 0 Å². The van der Waals surface area contributed by atoms with Gasteiger partial charge >= 0.3 is 0 Å². The van der Waals surface area contributed by atoms with Gasteiger partial charge in [-0.05, 0) is 26.2 Å². The lowest BCUT2D eigenvalue weighted by Crippen LogP contribution is -2.62. The van der Waals surface area contributed by atoms with Crippen LogP contribution in [-0.4, -0.2) is 40.3 Å². The van der Waals surface area contributed by atoms with Crippen LogP contribution in [0.1, 0.15) is 37.9 Å². The topological polar surface area (TPSA) is 62.3 Å². The van der Waals surface area contributed by atoms with Crippen LogP contribution >= 0.6 is 11.3 Å². The first-order chi connectivity index (χ1) is 9.88. The van der Waals surface area contributed by atoms with E-state index in [2.05, 4.69) is 24.1 Å². The molecule has 21 heavy (non-hydrogen) atoms. The molecule has 5 nitrogen and oxygen atoms in total. The summed E-state index contributed by atoms with van der Waals surface area (Å²) in [6.07, 6.45) is 1.38. The second-order valence-electron chi connectivity index (χ2n) is 6.01. The summed E-state index contributed by atoms with van der Waals surface area (Å²) in [6, 6.07) is -0.786. The van der Waals surface area contributed by atoms with Crippen molar-refractivity contribution in [1.82, 2.24) is 15.2 Å². The average Bonchev–Trinajstić information content (AvgIpc) is 2.81. The minimum atomic E-state index is -0.402. The van der Waals surface area contributed by atoms with Gasteiger partial charge in [-0.25, -0.2) is 4.98 Å². The Kier molecular flexibility index (Phi) is 4.98. The third-order valence-corrected chi connectivity index (χ3v) is 4.55. The van der Waals surface area contributed by atoms with Gasteiger partial charge in [-0.2, -0.15) is 0 Å². The quantitative estimate of drug-likeness (QED) is 0.901. The largest absolute Gasteiger partial charge is 0.343 e. The Labute approximate surface area is 129 Å². The molecule has 1 aromatic heterocycles. The molecule has 0 radical (unpaired) electrons. The van der Waals surface area contributed by atoms with Gasteiger partial charge in [0.2, 0.25) is 11.8 Å². The number of nitrogens with one attached hydrogen (secondary N) is 1. The molecule has 1 fully saturated rings. The lowest BCUT2D eigenvalue weighted by molar-refractivity contribution is -0.149. The fourth-order valence-corrected chi connectivity index (χ4v) is 3.23. The summed E-state index contributed by atoms with van der Waals surface area (Å²) in [5.41, 5.74) is 0.990. The first kappa shape index (κ1) is 15.9. The normalized spacial score (nSPS) is 22.8. The highest BCUT2D eigenvalue weighted by Crippen LogP contribution is 2.17. The summed E-state index contributed by atoms with van der Waals surface area (Å²) in [4.78, 5) is 30.7. The van der Waals surface area contributed by atoms with Crippen LogP contribution < -0.4 is 5.32 Å². The van der Waals surface area contributed by atoms with E-state index in [0.717, 1.165) is 10.7 Å². The Morgan fingerprint density at radius 3 is 2.71 bits per heavy atom. The van der Waals surface area contributed by atoms with Crippen LogP contribution in [0.25, 0.3) is 0 Å². The number of hydrogen-bond donors (Lipinski definition) is 1. The lowest BCUT2D eigenvalue weighted by atomic mass is 9.98. The standard InChI is InChI=1S/C15H23N3O2S/c1-9(2)7-13-15(20)18(10(3)14(19)17-13)6-5-12-8-21-11(4)16-12/h8-10,13H,5-7H2,1-4H3,(H,17,19). The molecule has 1 aliphatic rings. The lowest BCUT2D eigenvalue weighted by Gasteiger charge is -2.37. The summed E-state index contributed by atoms with van der Waals surface area (Å²) in [5.74, 6) is 0.341. The van der Waals surface area contributed by atoms with Crippen molar-refractivity contribution in [3.05, 3.63) is 16.1 Å². The minimum absolute atomic E-state index is 0.0303. The molecule has 0 saturated carbocycles. The van der Waals surface area contributed by atoms with E-state index in [-0.39, 0.29) is 17.9 Å². The molecular formula is C15H23N3O2S. The number of rotatable bonds is 5. The smallest absolute Gasteiger partial charge is 0.245 e. The SMILES string of the molecule is Cc1nc(CCN2C(=O)C(CC(C)C)NC(=O)C2C)cs1. The summed E-state index contributed by atoms with van der Waals surface area (Å²) < 4.78 is 0. The van der Waals surface area contributed by atoms with Crippen molar-refractivity contribution in [3.63, 3.8) is 0 Å². The number of aromatic nitrogens is 1. The van der Waals surface area contributed by atoms with E-state index in [9.17, 15) is 9.59 Å². The Morgan fingerprint density at radius 1 is 1.43 bits per heavy atom. The highest BCUT2D eigenvalue weighted by Gasteiger charge is 2.37. The molecule has 6 heteroatoms. The van der Waals surface area contributed by atoms with Crippen molar-refractivity contribution < 1.29 is 9.59 Å². The number of aryl methyl sites for hydroxylation is 1. The molecule has 1 saturated heterocycles. The molecule has 0 aromatic carbocycles.